The summed E-state index contributed by atoms with van der Waals surface area (Å²) in [6, 6.07) is 3.71. The number of pyridine rings is 1. The van der Waals surface area contributed by atoms with Crippen LogP contribution in [0.3, 0.4) is 0 Å². The zero-order valence-corrected chi connectivity index (χ0v) is 17.9. The smallest absolute Gasteiger partial charge is 0.246 e. The monoisotopic (exact) mass is 420 g/mol. The highest BCUT2D eigenvalue weighted by Crippen LogP contribution is 2.30. The number of amides is 1. The number of hydrogen-bond acceptors (Lipinski definition) is 5. The van der Waals surface area contributed by atoms with Crippen LogP contribution in [0.15, 0.2) is 23.2 Å². The van der Waals surface area contributed by atoms with E-state index in [0.717, 1.165) is 44.9 Å². The number of nitrogens with one attached hydrogen (secondary N) is 1. The van der Waals surface area contributed by atoms with E-state index in [9.17, 15) is 13.2 Å². The van der Waals surface area contributed by atoms with Gasteiger partial charge < -0.3 is 10.2 Å². The van der Waals surface area contributed by atoms with Crippen molar-refractivity contribution in [3.8, 4) is 0 Å². The van der Waals surface area contributed by atoms with E-state index in [1.807, 2.05) is 4.90 Å². The molecule has 29 heavy (non-hydrogen) atoms. The molecule has 3 aliphatic rings. The van der Waals surface area contributed by atoms with Crippen LogP contribution in [-0.2, 0) is 14.8 Å². The average molecular weight is 421 g/mol. The molecule has 1 N–H and O–H groups in total. The fourth-order valence-corrected chi connectivity index (χ4v) is 6.49. The third-order valence-corrected chi connectivity index (χ3v) is 8.47. The largest absolute Gasteiger partial charge is 0.355 e. The molecule has 4 rings (SSSR count). The van der Waals surface area contributed by atoms with Gasteiger partial charge in [0.05, 0.1) is 0 Å². The Morgan fingerprint density at radius 2 is 1.66 bits per heavy atom. The fraction of sp³-hybridized carbons (Fsp3) is 0.714. The molecule has 0 unspecified atom stereocenters. The summed E-state index contributed by atoms with van der Waals surface area (Å²) in [5.74, 6) is 0.712. The lowest BCUT2D eigenvalue weighted by molar-refractivity contribution is -0.126. The van der Waals surface area contributed by atoms with Crippen LogP contribution in [0.5, 0.6) is 0 Å². The van der Waals surface area contributed by atoms with E-state index in [4.69, 9.17) is 0 Å². The number of hydrogen-bond donors (Lipinski definition) is 1. The van der Waals surface area contributed by atoms with Crippen molar-refractivity contribution in [3.63, 3.8) is 0 Å². The molecule has 0 radical (unpaired) electrons. The summed E-state index contributed by atoms with van der Waals surface area (Å²) in [6.07, 6.45) is 10.6. The molecule has 0 spiro atoms. The average Bonchev–Trinajstić information content (AvgIpc) is 3.27. The van der Waals surface area contributed by atoms with Gasteiger partial charge in [0.2, 0.25) is 15.9 Å². The van der Waals surface area contributed by atoms with E-state index in [1.54, 1.807) is 22.6 Å². The standard InChI is InChI=1S/C21H32N4O3S/c26-21(23-18-7-2-3-8-18)17-10-15-24(16-11-17)20-19(9-6-12-22-20)29(27,28)25-13-4-1-5-14-25/h6,9,12,17-18H,1-5,7-8,10-11,13-16H2,(H,23,26). The molecule has 0 atom stereocenters. The van der Waals surface area contributed by atoms with Gasteiger partial charge in [-0.25, -0.2) is 13.4 Å². The molecule has 1 aliphatic carbocycles. The lowest BCUT2D eigenvalue weighted by Gasteiger charge is -2.34. The van der Waals surface area contributed by atoms with Crippen molar-refractivity contribution in [2.45, 2.75) is 68.7 Å². The second-order valence-corrected chi connectivity index (χ2v) is 10.4. The van der Waals surface area contributed by atoms with E-state index >= 15 is 0 Å². The lowest BCUT2D eigenvalue weighted by Crippen LogP contribution is -2.44. The highest BCUT2D eigenvalue weighted by Gasteiger charge is 2.33. The van der Waals surface area contributed by atoms with Crippen LogP contribution in [0.2, 0.25) is 0 Å². The Balaban J connectivity index is 1.43. The van der Waals surface area contributed by atoms with E-state index in [1.165, 1.54) is 12.8 Å². The first kappa shape index (κ1) is 20.6. The predicted octanol–water partition coefficient (Wildman–Crippen LogP) is 2.53. The minimum Gasteiger partial charge on any atom is -0.355 e. The molecule has 0 aromatic carbocycles. The van der Waals surface area contributed by atoms with Crippen LogP contribution in [0, 0.1) is 5.92 Å². The maximum absolute atomic E-state index is 13.2. The number of sulfonamides is 1. The van der Waals surface area contributed by atoms with Crippen LogP contribution in [0.4, 0.5) is 5.82 Å². The summed E-state index contributed by atoms with van der Waals surface area (Å²) < 4.78 is 28.0. The molecule has 1 aromatic heterocycles. The van der Waals surface area contributed by atoms with Crippen molar-refractivity contribution < 1.29 is 13.2 Å². The van der Waals surface area contributed by atoms with Gasteiger partial charge in [-0.05, 0) is 50.7 Å². The normalized spacial score (nSPS) is 22.7. The molecule has 0 bridgehead atoms. The highest BCUT2D eigenvalue weighted by atomic mass is 32.2. The Bertz CT molecular complexity index is 809. The Morgan fingerprint density at radius 1 is 0.966 bits per heavy atom. The fourth-order valence-electron chi connectivity index (χ4n) is 4.81. The highest BCUT2D eigenvalue weighted by molar-refractivity contribution is 7.89. The summed E-state index contributed by atoms with van der Waals surface area (Å²) in [7, 11) is -3.54. The van der Waals surface area contributed by atoms with Crippen LogP contribution in [0.1, 0.15) is 57.8 Å². The molecule has 3 heterocycles. The van der Waals surface area contributed by atoms with E-state index in [0.29, 0.717) is 42.9 Å². The maximum Gasteiger partial charge on any atom is 0.246 e. The number of aromatic nitrogens is 1. The minimum atomic E-state index is -3.54. The summed E-state index contributed by atoms with van der Waals surface area (Å²) in [4.78, 5) is 19.4. The molecule has 8 heteroatoms. The molecule has 160 valence electrons. The zero-order valence-electron chi connectivity index (χ0n) is 17.1. The van der Waals surface area contributed by atoms with Crippen molar-refractivity contribution in [2.24, 2.45) is 5.92 Å². The lowest BCUT2D eigenvalue weighted by atomic mass is 9.95. The summed E-state index contributed by atoms with van der Waals surface area (Å²) in [5, 5.41) is 3.21. The van der Waals surface area contributed by atoms with E-state index in [-0.39, 0.29) is 11.8 Å². The van der Waals surface area contributed by atoms with Gasteiger partial charge in [0, 0.05) is 44.3 Å². The van der Waals surface area contributed by atoms with Gasteiger partial charge in [0.25, 0.3) is 0 Å². The first-order chi connectivity index (χ1) is 14.1. The molecular weight excluding hydrogens is 388 g/mol. The van der Waals surface area contributed by atoms with Gasteiger partial charge in [-0.3, -0.25) is 4.79 Å². The van der Waals surface area contributed by atoms with Crippen molar-refractivity contribution in [1.82, 2.24) is 14.6 Å². The SMILES string of the molecule is O=C(NC1CCCC1)C1CCN(c2ncccc2S(=O)(=O)N2CCCCC2)CC1. The van der Waals surface area contributed by atoms with Gasteiger partial charge in [-0.15, -0.1) is 0 Å². The van der Waals surface area contributed by atoms with Gasteiger partial charge in [0.15, 0.2) is 0 Å². The van der Waals surface area contributed by atoms with Gasteiger partial charge >= 0.3 is 0 Å². The number of piperidine rings is 2. The summed E-state index contributed by atoms with van der Waals surface area (Å²) in [6.45, 7) is 2.48. The van der Waals surface area contributed by atoms with Crippen LogP contribution in [0.25, 0.3) is 0 Å². The molecular formula is C21H32N4O3S. The summed E-state index contributed by atoms with van der Waals surface area (Å²) >= 11 is 0. The molecule has 2 aliphatic heterocycles. The molecule has 1 aromatic rings. The van der Waals surface area contributed by atoms with Crippen molar-refractivity contribution in [3.05, 3.63) is 18.3 Å². The number of carbonyl (C=O) groups excluding carboxylic acids is 1. The number of rotatable bonds is 5. The Kier molecular flexibility index (Phi) is 6.39. The quantitative estimate of drug-likeness (QED) is 0.792. The van der Waals surface area contributed by atoms with Crippen LogP contribution < -0.4 is 10.2 Å². The van der Waals surface area contributed by atoms with Gasteiger partial charge in [-0.2, -0.15) is 4.31 Å². The number of anilines is 1. The van der Waals surface area contributed by atoms with E-state index in [2.05, 4.69) is 10.3 Å². The first-order valence-corrected chi connectivity index (χ1v) is 12.5. The predicted molar refractivity (Wildman–Crippen MR) is 112 cm³/mol. The van der Waals surface area contributed by atoms with Crippen LogP contribution >= 0.6 is 0 Å². The third kappa shape index (κ3) is 4.58. The minimum absolute atomic E-state index is 0.0118. The maximum atomic E-state index is 13.2. The molecule has 3 fully saturated rings. The molecule has 1 saturated carbocycles. The first-order valence-electron chi connectivity index (χ1n) is 11.1. The second kappa shape index (κ2) is 9.00. The third-order valence-electron chi connectivity index (χ3n) is 6.55. The number of carbonyl (C=O) groups is 1. The topological polar surface area (TPSA) is 82.6 Å². The van der Waals surface area contributed by atoms with Crippen molar-refractivity contribution in [1.29, 1.82) is 0 Å². The second-order valence-electron chi connectivity index (χ2n) is 8.54. The number of nitrogens with zero attached hydrogens (tertiary/aromatic N) is 3. The molecule has 7 nitrogen and oxygen atoms in total. The zero-order chi connectivity index (χ0) is 20.3. The molecule has 2 saturated heterocycles. The molecule has 1 amide bonds. The van der Waals surface area contributed by atoms with Gasteiger partial charge in [-0.1, -0.05) is 19.3 Å². The van der Waals surface area contributed by atoms with Gasteiger partial charge in [0.1, 0.15) is 10.7 Å². The van der Waals surface area contributed by atoms with Crippen molar-refractivity contribution >= 4 is 21.7 Å². The Hall–Kier alpha value is -1.67. The summed E-state index contributed by atoms with van der Waals surface area (Å²) in [5.41, 5.74) is 0. The Labute approximate surface area is 173 Å². The van der Waals surface area contributed by atoms with Crippen LogP contribution in [-0.4, -0.2) is 55.8 Å². The van der Waals surface area contributed by atoms with E-state index < -0.39 is 10.0 Å². The van der Waals surface area contributed by atoms with Crippen molar-refractivity contribution in [2.75, 3.05) is 31.1 Å². The Morgan fingerprint density at radius 3 is 2.34 bits per heavy atom.